The molecule has 0 unspecified atom stereocenters. The van der Waals surface area contributed by atoms with E-state index in [-0.39, 0.29) is 0 Å². The van der Waals surface area contributed by atoms with Crippen LogP contribution in [-0.2, 0) is 0 Å². The van der Waals surface area contributed by atoms with Crippen LogP contribution in [0.3, 0.4) is 0 Å². The van der Waals surface area contributed by atoms with Crippen molar-refractivity contribution in [3.05, 3.63) is 40.4 Å². The molecular weight excluding hydrogens is 213 g/mol. The molecule has 4 heteroatoms. The van der Waals surface area contributed by atoms with E-state index in [4.69, 9.17) is 11.6 Å². The number of hydrogen-bond donors (Lipinski definition) is 0. The Balaban J connectivity index is 2.93. The Morgan fingerprint density at radius 2 is 1.71 bits per heavy atom. The summed E-state index contributed by atoms with van der Waals surface area (Å²) in [5.74, 6) is 0. The monoisotopic (exact) mass is 220 g/mol. The molecule has 0 bridgehead atoms. The van der Waals surface area contributed by atoms with E-state index in [2.05, 4.69) is 0 Å². The number of allylic oxidation sites excluding steroid dienone is 1. The highest BCUT2D eigenvalue weighted by molar-refractivity contribution is 6.32. The summed E-state index contributed by atoms with van der Waals surface area (Å²) in [6.45, 7) is 1.86. The summed E-state index contributed by atoms with van der Waals surface area (Å²) in [6.07, 6.45) is -3.56. The van der Waals surface area contributed by atoms with Gasteiger partial charge in [-0.25, -0.2) is 0 Å². The molecule has 0 aliphatic rings. The predicted octanol–water partition coefficient (Wildman–Crippen LogP) is 4.14. The molecular formula is C10H8ClF3. The van der Waals surface area contributed by atoms with Crippen LogP contribution >= 0.6 is 11.6 Å². The zero-order chi connectivity index (χ0) is 10.8. The second kappa shape index (κ2) is 4.05. The van der Waals surface area contributed by atoms with E-state index < -0.39 is 11.2 Å². The Labute approximate surface area is 85.0 Å². The summed E-state index contributed by atoms with van der Waals surface area (Å²) in [5, 5.41) is -1.11. The van der Waals surface area contributed by atoms with Crippen molar-refractivity contribution in [1.29, 1.82) is 0 Å². The normalized spacial score (nSPS) is 13.1. The average Bonchev–Trinajstić information content (AvgIpc) is 2.07. The van der Waals surface area contributed by atoms with Gasteiger partial charge in [-0.05, 0) is 18.6 Å². The van der Waals surface area contributed by atoms with Crippen molar-refractivity contribution in [2.24, 2.45) is 0 Å². The molecule has 0 atom stereocenters. The minimum absolute atomic E-state index is 0.443. The summed E-state index contributed by atoms with van der Waals surface area (Å²) >= 11 is 5.07. The fourth-order valence-electron chi connectivity index (χ4n) is 0.891. The molecule has 0 heterocycles. The van der Waals surface area contributed by atoms with Gasteiger partial charge in [-0.3, -0.25) is 0 Å². The molecule has 76 valence electrons. The third-order valence-corrected chi connectivity index (χ3v) is 1.96. The second-order valence-corrected chi connectivity index (χ2v) is 3.31. The molecule has 0 radical (unpaired) electrons. The first-order valence-electron chi connectivity index (χ1n) is 3.90. The van der Waals surface area contributed by atoms with Gasteiger partial charge in [-0.1, -0.05) is 41.4 Å². The van der Waals surface area contributed by atoms with Gasteiger partial charge in [-0.15, -0.1) is 0 Å². The van der Waals surface area contributed by atoms with Crippen LogP contribution in [0, 0.1) is 6.92 Å². The van der Waals surface area contributed by atoms with Crippen molar-refractivity contribution in [3.8, 4) is 0 Å². The molecule has 1 rings (SSSR count). The van der Waals surface area contributed by atoms with E-state index in [1.54, 1.807) is 24.3 Å². The van der Waals surface area contributed by atoms with Gasteiger partial charge >= 0.3 is 6.18 Å². The van der Waals surface area contributed by atoms with Crippen LogP contribution in [0.4, 0.5) is 13.2 Å². The molecule has 14 heavy (non-hydrogen) atoms. The lowest BCUT2D eigenvalue weighted by molar-refractivity contribution is -0.0836. The summed E-state index contributed by atoms with van der Waals surface area (Å²) in [5.41, 5.74) is 1.43. The minimum atomic E-state index is -4.47. The predicted molar refractivity (Wildman–Crippen MR) is 51.1 cm³/mol. The van der Waals surface area contributed by atoms with Gasteiger partial charge in [0, 0.05) is 0 Å². The van der Waals surface area contributed by atoms with Crippen LogP contribution in [0.25, 0.3) is 6.08 Å². The third-order valence-electron chi connectivity index (χ3n) is 1.64. The van der Waals surface area contributed by atoms with Gasteiger partial charge in [0.05, 0.1) is 0 Å². The van der Waals surface area contributed by atoms with Crippen LogP contribution in [0.1, 0.15) is 11.1 Å². The molecule has 0 amide bonds. The second-order valence-electron chi connectivity index (χ2n) is 2.90. The molecule has 1 aromatic carbocycles. The van der Waals surface area contributed by atoms with Gasteiger partial charge < -0.3 is 0 Å². The zero-order valence-electron chi connectivity index (χ0n) is 7.40. The topological polar surface area (TPSA) is 0 Å². The first-order valence-corrected chi connectivity index (χ1v) is 4.28. The average molecular weight is 221 g/mol. The number of benzene rings is 1. The van der Waals surface area contributed by atoms with Crippen molar-refractivity contribution in [2.45, 2.75) is 13.1 Å². The number of rotatable bonds is 1. The van der Waals surface area contributed by atoms with Crippen LogP contribution < -0.4 is 0 Å². The van der Waals surface area contributed by atoms with Gasteiger partial charge in [0.1, 0.15) is 5.03 Å². The smallest absolute Gasteiger partial charge is 0.165 e. The summed E-state index contributed by atoms with van der Waals surface area (Å²) < 4.78 is 36.0. The maximum atomic E-state index is 12.0. The van der Waals surface area contributed by atoms with Crippen LogP contribution in [0.2, 0.25) is 0 Å². The minimum Gasteiger partial charge on any atom is -0.165 e. The van der Waals surface area contributed by atoms with Gasteiger partial charge in [0.2, 0.25) is 0 Å². The standard InChI is InChI=1S/C10H8ClF3/c1-7-2-4-8(5-3-7)6-9(11)10(12,13)14/h2-6H,1H3/b9-6-. The summed E-state index contributed by atoms with van der Waals surface area (Å²) in [7, 11) is 0. The maximum absolute atomic E-state index is 12.0. The van der Waals surface area contributed by atoms with E-state index in [1.807, 2.05) is 6.92 Å². The highest BCUT2D eigenvalue weighted by Crippen LogP contribution is 2.30. The van der Waals surface area contributed by atoms with Crippen LogP contribution in [0.5, 0.6) is 0 Å². The number of hydrogen-bond acceptors (Lipinski definition) is 0. The molecule has 0 aliphatic heterocycles. The lowest BCUT2D eigenvalue weighted by Gasteiger charge is -2.03. The lowest BCUT2D eigenvalue weighted by atomic mass is 10.1. The molecule has 0 nitrogen and oxygen atoms in total. The molecule has 0 saturated carbocycles. The summed E-state index contributed by atoms with van der Waals surface area (Å²) in [6, 6.07) is 6.63. The molecule has 0 fully saturated rings. The summed E-state index contributed by atoms with van der Waals surface area (Å²) in [4.78, 5) is 0. The molecule has 0 aliphatic carbocycles. The Morgan fingerprint density at radius 1 is 1.21 bits per heavy atom. The molecule has 0 saturated heterocycles. The van der Waals surface area contributed by atoms with E-state index in [0.29, 0.717) is 5.56 Å². The third kappa shape index (κ3) is 3.07. The van der Waals surface area contributed by atoms with Gasteiger partial charge in [0.25, 0.3) is 0 Å². The van der Waals surface area contributed by atoms with Crippen molar-refractivity contribution in [1.82, 2.24) is 0 Å². The number of alkyl halides is 3. The molecule has 0 aromatic heterocycles. The molecule has 0 spiro atoms. The van der Waals surface area contributed by atoms with Crippen molar-refractivity contribution < 1.29 is 13.2 Å². The van der Waals surface area contributed by atoms with Crippen molar-refractivity contribution in [2.75, 3.05) is 0 Å². The largest absolute Gasteiger partial charge is 0.426 e. The highest BCUT2D eigenvalue weighted by Gasteiger charge is 2.32. The number of halogens is 4. The van der Waals surface area contributed by atoms with Crippen LogP contribution in [-0.4, -0.2) is 6.18 Å². The number of aryl methyl sites for hydroxylation is 1. The quantitative estimate of drug-likeness (QED) is 0.667. The molecule has 0 N–H and O–H groups in total. The van der Waals surface area contributed by atoms with E-state index in [0.717, 1.165) is 11.6 Å². The lowest BCUT2D eigenvalue weighted by Crippen LogP contribution is -2.06. The highest BCUT2D eigenvalue weighted by atomic mass is 35.5. The molecule has 1 aromatic rings. The maximum Gasteiger partial charge on any atom is 0.426 e. The van der Waals surface area contributed by atoms with E-state index in [1.165, 1.54) is 0 Å². The fourth-order valence-corrected chi connectivity index (χ4v) is 1.02. The SMILES string of the molecule is Cc1ccc(/C=C(\Cl)C(F)(F)F)cc1. The first-order chi connectivity index (χ1) is 6.39. The van der Waals surface area contributed by atoms with Crippen molar-refractivity contribution >= 4 is 17.7 Å². The zero-order valence-corrected chi connectivity index (χ0v) is 8.15. The van der Waals surface area contributed by atoms with Crippen LogP contribution in [0.15, 0.2) is 29.3 Å². The van der Waals surface area contributed by atoms with E-state index >= 15 is 0 Å². The first kappa shape index (κ1) is 11.1. The van der Waals surface area contributed by atoms with Crippen molar-refractivity contribution in [3.63, 3.8) is 0 Å². The Kier molecular flexibility index (Phi) is 3.21. The van der Waals surface area contributed by atoms with Gasteiger partial charge in [0.15, 0.2) is 0 Å². The Hall–Kier alpha value is -0.960. The van der Waals surface area contributed by atoms with Gasteiger partial charge in [-0.2, -0.15) is 13.2 Å². The van der Waals surface area contributed by atoms with E-state index in [9.17, 15) is 13.2 Å². The Morgan fingerprint density at radius 3 is 2.14 bits per heavy atom. The fraction of sp³-hybridized carbons (Fsp3) is 0.200. The Bertz CT molecular complexity index is 335.